The summed E-state index contributed by atoms with van der Waals surface area (Å²) < 4.78 is 39.4. The average molecular weight is 688 g/mol. The molecule has 13 heteroatoms. The van der Waals surface area contributed by atoms with Crippen LogP contribution in [0.5, 0.6) is 5.75 Å². The zero-order chi connectivity index (χ0) is 34.0. The van der Waals surface area contributed by atoms with E-state index in [2.05, 4.69) is 15.3 Å². The molecule has 1 aliphatic heterocycles. The summed E-state index contributed by atoms with van der Waals surface area (Å²) in [4.78, 5) is 22.5. The highest BCUT2D eigenvalue weighted by molar-refractivity contribution is 7.91. The van der Waals surface area contributed by atoms with Crippen molar-refractivity contribution in [2.24, 2.45) is 10.1 Å². The van der Waals surface area contributed by atoms with Crippen LogP contribution in [0, 0.1) is 0 Å². The highest BCUT2D eigenvalue weighted by Crippen LogP contribution is 2.44. The summed E-state index contributed by atoms with van der Waals surface area (Å²) in [5, 5.41) is 16.2. The molecule has 2 atom stereocenters. The lowest BCUT2D eigenvalue weighted by Crippen LogP contribution is -2.49. The first kappa shape index (κ1) is 34.5. The number of amides is 1. The van der Waals surface area contributed by atoms with Crippen molar-refractivity contribution in [3.8, 4) is 5.75 Å². The van der Waals surface area contributed by atoms with Gasteiger partial charge >= 0.3 is 0 Å². The first-order valence-corrected chi connectivity index (χ1v) is 17.3. The van der Waals surface area contributed by atoms with Crippen LogP contribution in [-0.2, 0) is 32.5 Å². The van der Waals surface area contributed by atoms with Crippen LogP contribution in [0.4, 0.5) is 0 Å². The van der Waals surface area contributed by atoms with Crippen molar-refractivity contribution in [2.45, 2.75) is 42.5 Å². The van der Waals surface area contributed by atoms with Crippen LogP contribution in [-0.4, -0.2) is 49.8 Å². The molecular weight excluding hydrogens is 654 g/mol. The van der Waals surface area contributed by atoms with Crippen molar-refractivity contribution in [2.75, 3.05) is 19.0 Å². The van der Waals surface area contributed by atoms with Gasteiger partial charge in [0, 0.05) is 41.5 Å². The number of sulfone groups is 1. The van der Waals surface area contributed by atoms with E-state index in [0.717, 1.165) is 0 Å². The molecule has 2 N–H and O–H groups in total. The molecule has 4 aromatic rings. The lowest BCUT2D eigenvalue weighted by molar-refractivity contribution is -0.129. The highest BCUT2D eigenvalue weighted by atomic mass is 35.5. The normalized spacial score (nSPS) is 17.1. The number of nitrogens with one attached hydrogen (secondary N) is 1. The zero-order valence-corrected chi connectivity index (χ0v) is 27.5. The number of aliphatic hydroxyl groups excluding tert-OH is 1. The third kappa shape index (κ3) is 7.98. The summed E-state index contributed by atoms with van der Waals surface area (Å²) >= 11 is 6.40. The molecule has 0 aromatic heterocycles. The number of aliphatic hydroxyl groups is 1. The van der Waals surface area contributed by atoms with Gasteiger partial charge in [0.15, 0.2) is 21.5 Å². The van der Waals surface area contributed by atoms with Gasteiger partial charge in [-0.3, -0.25) is 4.79 Å². The van der Waals surface area contributed by atoms with Crippen molar-refractivity contribution in [1.82, 2.24) is 5.32 Å². The van der Waals surface area contributed by atoms with Crippen LogP contribution in [0.3, 0.4) is 0 Å². The van der Waals surface area contributed by atoms with Crippen molar-refractivity contribution in [3.63, 3.8) is 0 Å². The Morgan fingerprint density at radius 3 is 2.40 bits per heavy atom. The van der Waals surface area contributed by atoms with Gasteiger partial charge in [0.25, 0.3) is 5.91 Å². The number of hydrogen-bond acceptors (Lipinski definition) is 8. The summed E-state index contributed by atoms with van der Waals surface area (Å²) in [5.74, 6) is -0.276. The molecule has 0 aliphatic carbocycles. The van der Waals surface area contributed by atoms with E-state index in [0.29, 0.717) is 46.1 Å². The number of ether oxygens (including phenoxy) is 2. The number of hydrogen-bond donors (Lipinski definition) is 2. The lowest BCUT2D eigenvalue weighted by atomic mass is 9.83. The van der Waals surface area contributed by atoms with Gasteiger partial charge in [0.2, 0.25) is 5.90 Å². The molecule has 0 unspecified atom stereocenters. The van der Waals surface area contributed by atoms with E-state index in [1.807, 2.05) is 0 Å². The molecule has 1 aliphatic rings. The van der Waals surface area contributed by atoms with Gasteiger partial charge in [-0.25, -0.2) is 13.4 Å². The third-order valence-corrected chi connectivity index (χ3v) is 10.0. The first-order valence-electron chi connectivity index (χ1n) is 15.3. The van der Waals surface area contributed by atoms with Crippen LogP contribution in [0.25, 0.3) is 10.4 Å². The standard InChI is InChI=1S/C35H34ClN5O6S/c36-31-14-7-5-10-27(31)23-38-34(43)35(19-22-48(44,45)29-11-2-1-3-12-29)32(30-13-6-4-9-26(30)24-39-41-37)47-33(40-35)25-15-17-28(18-16-25)46-21-8-20-42/h1-7,9-18,32,42H,8,19-24H2,(H,38,43)/t32-,35-/m1/s1. The van der Waals surface area contributed by atoms with E-state index >= 15 is 0 Å². The Balaban J connectivity index is 1.60. The van der Waals surface area contributed by atoms with Crippen LogP contribution in [0.1, 0.15) is 41.2 Å². The second kappa shape index (κ2) is 15.8. The van der Waals surface area contributed by atoms with E-state index < -0.39 is 33.1 Å². The van der Waals surface area contributed by atoms with E-state index in [1.54, 1.807) is 91.0 Å². The zero-order valence-electron chi connectivity index (χ0n) is 25.9. The van der Waals surface area contributed by atoms with Crippen LogP contribution < -0.4 is 10.1 Å². The number of nitrogens with zero attached hydrogens (tertiary/aromatic N) is 4. The number of carbonyl (C=O) groups is 1. The molecule has 1 amide bonds. The fourth-order valence-corrected chi connectivity index (χ4v) is 6.99. The number of carbonyl (C=O) groups excluding carboxylic acids is 1. The number of rotatable bonds is 15. The lowest BCUT2D eigenvalue weighted by Gasteiger charge is -2.31. The summed E-state index contributed by atoms with van der Waals surface area (Å²) in [5.41, 5.74) is 9.64. The summed E-state index contributed by atoms with van der Waals surface area (Å²) in [6.07, 6.45) is -0.840. The monoisotopic (exact) mass is 687 g/mol. The Hall–Kier alpha value is -4.87. The molecule has 11 nitrogen and oxygen atoms in total. The SMILES string of the molecule is [N-]=[N+]=NCc1ccccc1[C@H]1OC(c2ccc(OCCCO)cc2)=N[C@@]1(CCS(=O)(=O)c1ccccc1)C(=O)NCc1ccccc1Cl. The molecular formula is C35H34ClN5O6S. The van der Waals surface area contributed by atoms with Gasteiger partial charge in [0.1, 0.15) is 5.75 Å². The van der Waals surface area contributed by atoms with Crippen molar-refractivity contribution < 1.29 is 27.8 Å². The van der Waals surface area contributed by atoms with E-state index in [9.17, 15) is 13.2 Å². The molecule has 48 heavy (non-hydrogen) atoms. The Morgan fingerprint density at radius 2 is 1.69 bits per heavy atom. The van der Waals surface area contributed by atoms with Crippen molar-refractivity contribution >= 4 is 33.2 Å². The predicted molar refractivity (Wildman–Crippen MR) is 182 cm³/mol. The van der Waals surface area contributed by atoms with Gasteiger partial charge in [-0.2, -0.15) is 0 Å². The maximum absolute atomic E-state index is 14.5. The molecule has 248 valence electrons. The third-order valence-electron chi connectivity index (χ3n) is 7.92. The minimum absolute atomic E-state index is 0.00584. The molecule has 5 rings (SSSR count). The van der Waals surface area contributed by atoms with Gasteiger partial charge in [-0.05, 0) is 64.7 Å². The number of benzene rings is 4. The average Bonchev–Trinajstić information content (AvgIpc) is 3.51. The number of halogens is 1. The fourth-order valence-electron chi connectivity index (χ4n) is 5.40. The predicted octanol–water partition coefficient (Wildman–Crippen LogP) is 6.35. The van der Waals surface area contributed by atoms with E-state index in [4.69, 9.17) is 36.7 Å². The maximum atomic E-state index is 14.5. The highest BCUT2D eigenvalue weighted by Gasteiger charge is 2.54. The largest absolute Gasteiger partial charge is 0.494 e. The van der Waals surface area contributed by atoms with Gasteiger partial charge in [-0.15, -0.1) is 0 Å². The van der Waals surface area contributed by atoms with Crippen LogP contribution in [0.15, 0.2) is 118 Å². The molecule has 0 saturated carbocycles. The smallest absolute Gasteiger partial charge is 0.252 e. The molecule has 0 bridgehead atoms. The van der Waals surface area contributed by atoms with Crippen LogP contribution >= 0.6 is 11.6 Å². The summed E-state index contributed by atoms with van der Waals surface area (Å²) in [7, 11) is -3.85. The number of azide groups is 1. The first-order chi connectivity index (χ1) is 23.3. The fraction of sp³-hybridized carbons (Fsp3) is 0.257. The second-order valence-corrected chi connectivity index (χ2v) is 13.5. The Bertz CT molecular complexity index is 1920. The quantitative estimate of drug-likeness (QED) is 0.0640. The summed E-state index contributed by atoms with van der Waals surface area (Å²) in [6.45, 7) is 0.374. The topological polar surface area (TPSA) is 163 Å². The molecule has 4 aromatic carbocycles. The van der Waals surface area contributed by atoms with E-state index in [1.165, 1.54) is 12.1 Å². The van der Waals surface area contributed by atoms with Crippen LogP contribution in [0.2, 0.25) is 5.02 Å². The molecule has 0 spiro atoms. The van der Waals surface area contributed by atoms with Gasteiger partial charge in [0.05, 0.1) is 23.8 Å². The molecule has 0 saturated heterocycles. The molecule has 1 heterocycles. The minimum atomic E-state index is -3.85. The van der Waals surface area contributed by atoms with Gasteiger partial charge < -0.3 is 19.9 Å². The van der Waals surface area contributed by atoms with Gasteiger partial charge in [-0.1, -0.05) is 77.4 Å². The van der Waals surface area contributed by atoms with Crippen molar-refractivity contribution in [1.29, 1.82) is 0 Å². The summed E-state index contributed by atoms with van der Waals surface area (Å²) in [6, 6.07) is 29.1. The minimum Gasteiger partial charge on any atom is -0.494 e. The van der Waals surface area contributed by atoms with Crippen molar-refractivity contribution in [3.05, 3.63) is 141 Å². The Kier molecular flexibility index (Phi) is 11.4. The molecule has 0 radical (unpaired) electrons. The Labute approximate surface area is 283 Å². The number of aliphatic imine (C=N–C) groups is 1. The second-order valence-electron chi connectivity index (χ2n) is 11.0. The van der Waals surface area contributed by atoms with E-state index in [-0.39, 0.29) is 36.9 Å². The molecule has 0 fully saturated rings. The Morgan fingerprint density at radius 1 is 1.00 bits per heavy atom. The maximum Gasteiger partial charge on any atom is 0.252 e.